The number of hydrogen-bond acceptors (Lipinski definition) is 7. The largest absolute Gasteiger partial charge is 0.481 e. The predicted octanol–water partition coefficient (Wildman–Crippen LogP) is 6.81. The van der Waals surface area contributed by atoms with Gasteiger partial charge in [0.2, 0.25) is 5.88 Å². The minimum absolute atomic E-state index is 0.309. The van der Waals surface area contributed by atoms with Crippen molar-refractivity contribution in [1.82, 2.24) is 24.4 Å². The van der Waals surface area contributed by atoms with Gasteiger partial charge in [0.25, 0.3) is 5.91 Å². The number of carbonyl (C=O) groups excluding carboxylic acids is 1. The number of benzene rings is 2. The van der Waals surface area contributed by atoms with Crippen molar-refractivity contribution in [2.75, 3.05) is 31.3 Å². The standard InChI is InChI=1S/C35H35ClFN7O2/c1-20-23(25-10-7-11-27(31(25)36)41-34(45)33-40-29-19-43(3)17-15-30(29)44(33)4)8-6-9-24(20)26-13-12-22(35(42-26)46-5)18-39-28-14-16-38-21(2)32(28)37/h6-14,16H,15,17-19H2,1-5H3,(H,38,39)(H,41,45). The summed E-state index contributed by atoms with van der Waals surface area (Å²) in [6.45, 7) is 5.60. The Morgan fingerprint density at radius 3 is 2.57 bits per heavy atom. The smallest absolute Gasteiger partial charge is 0.291 e. The number of amides is 1. The lowest BCUT2D eigenvalue weighted by molar-refractivity contribution is 0.101. The molecule has 6 rings (SSSR count). The van der Waals surface area contributed by atoms with E-state index in [1.807, 2.05) is 68.1 Å². The number of nitrogens with zero attached hydrogens (tertiary/aromatic N) is 5. The summed E-state index contributed by atoms with van der Waals surface area (Å²) < 4.78 is 22.0. The van der Waals surface area contributed by atoms with Gasteiger partial charge in [0.1, 0.15) is 0 Å². The minimum Gasteiger partial charge on any atom is -0.481 e. The van der Waals surface area contributed by atoms with Crippen LogP contribution in [-0.2, 0) is 26.6 Å². The number of hydrogen-bond donors (Lipinski definition) is 2. The zero-order valence-corrected chi connectivity index (χ0v) is 27.2. The average molecular weight is 640 g/mol. The summed E-state index contributed by atoms with van der Waals surface area (Å²) in [5, 5.41) is 6.53. The molecule has 0 spiro atoms. The van der Waals surface area contributed by atoms with Crippen molar-refractivity contribution in [3.05, 3.63) is 106 Å². The number of aromatic nitrogens is 4. The monoisotopic (exact) mass is 639 g/mol. The summed E-state index contributed by atoms with van der Waals surface area (Å²) in [4.78, 5) is 29.0. The van der Waals surface area contributed by atoms with E-state index in [-0.39, 0.29) is 11.7 Å². The Morgan fingerprint density at radius 2 is 1.76 bits per heavy atom. The molecule has 2 N–H and O–H groups in total. The molecule has 1 aliphatic rings. The molecule has 3 aromatic heterocycles. The lowest BCUT2D eigenvalue weighted by Gasteiger charge is -2.21. The van der Waals surface area contributed by atoms with Gasteiger partial charge in [0.05, 0.1) is 40.6 Å². The highest BCUT2D eigenvalue weighted by molar-refractivity contribution is 6.36. The van der Waals surface area contributed by atoms with Crippen LogP contribution in [0.5, 0.6) is 5.88 Å². The van der Waals surface area contributed by atoms with Crippen LogP contribution in [0, 0.1) is 19.7 Å². The van der Waals surface area contributed by atoms with E-state index in [2.05, 4.69) is 25.5 Å². The summed E-state index contributed by atoms with van der Waals surface area (Å²) in [5.74, 6) is 0.104. The molecule has 236 valence electrons. The van der Waals surface area contributed by atoms with Crippen molar-refractivity contribution >= 4 is 28.9 Å². The molecular weight excluding hydrogens is 605 g/mol. The fraction of sp³-hybridized carbons (Fsp3) is 0.257. The first-order valence-electron chi connectivity index (χ1n) is 15.0. The number of fused-ring (bicyclic) bond motifs is 1. The fourth-order valence-corrected chi connectivity index (χ4v) is 6.16. The molecule has 46 heavy (non-hydrogen) atoms. The average Bonchev–Trinajstić information content (AvgIpc) is 3.38. The lowest BCUT2D eigenvalue weighted by Crippen LogP contribution is -2.27. The quantitative estimate of drug-likeness (QED) is 0.192. The first-order chi connectivity index (χ1) is 22.2. The van der Waals surface area contributed by atoms with Crippen molar-refractivity contribution < 1.29 is 13.9 Å². The Labute approximate surface area is 272 Å². The molecule has 0 saturated carbocycles. The molecule has 5 aromatic rings. The van der Waals surface area contributed by atoms with E-state index in [1.165, 1.54) is 0 Å². The van der Waals surface area contributed by atoms with Crippen LogP contribution in [-0.4, -0.2) is 51.0 Å². The Balaban J connectivity index is 1.26. The number of rotatable bonds is 8. The van der Waals surface area contributed by atoms with Crippen LogP contribution < -0.4 is 15.4 Å². The molecule has 11 heteroatoms. The van der Waals surface area contributed by atoms with Gasteiger partial charge in [-0.3, -0.25) is 9.78 Å². The van der Waals surface area contributed by atoms with Crippen molar-refractivity contribution in [2.24, 2.45) is 7.05 Å². The first kappa shape index (κ1) is 31.2. The molecule has 9 nitrogen and oxygen atoms in total. The molecule has 4 heterocycles. The van der Waals surface area contributed by atoms with E-state index in [9.17, 15) is 9.18 Å². The summed E-state index contributed by atoms with van der Waals surface area (Å²) in [7, 11) is 5.50. The minimum atomic E-state index is -0.385. The van der Waals surface area contributed by atoms with Gasteiger partial charge in [-0.05, 0) is 56.3 Å². The van der Waals surface area contributed by atoms with Crippen LogP contribution in [0.25, 0.3) is 22.4 Å². The number of ether oxygens (including phenoxy) is 1. The predicted molar refractivity (Wildman–Crippen MR) is 179 cm³/mol. The molecule has 0 atom stereocenters. The second kappa shape index (κ2) is 12.9. The van der Waals surface area contributed by atoms with Gasteiger partial charge in [-0.2, -0.15) is 0 Å². The summed E-state index contributed by atoms with van der Waals surface area (Å²) in [6.07, 6.45) is 2.41. The highest BCUT2D eigenvalue weighted by Gasteiger charge is 2.25. The van der Waals surface area contributed by atoms with E-state index < -0.39 is 0 Å². The molecule has 1 amide bonds. The fourth-order valence-electron chi connectivity index (χ4n) is 5.89. The number of aryl methyl sites for hydroxylation is 1. The van der Waals surface area contributed by atoms with Crippen LogP contribution in [0.3, 0.4) is 0 Å². The van der Waals surface area contributed by atoms with Gasteiger partial charge in [0, 0.05) is 61.7 Å². The Hall–Kier alpha value is -4.80. The number of anilines is 2. The number of likely N-dealkylation sites (N-methyl/N-ethyl adjacent to an activating group) is 1. The number of nitrogens with one attached hydrogen (secondary N) is 2. The van der Waals surface area contributed by atoms with Crippen molar-refractivity contribution in [2.45, 2.75) is 33.4 Å². The van der Waals surface area contributed by atoms with Crippen LogP contribution in [0.4, 0.5) is 15.8 Å². The van der Waals surface area contributed by atoms with E-state index >= 15 is 0 Å². The molecule has 2 aromatic carbocycles. The normalized spacial score (nSPS) is 12.9. The zero-order chi connectivity index (χ0) is 32.5. The first-order valence-corrected chi connectivity index (χ1v) is 15.4. The molecular formula is C35H35ClFN7O2. The number of halogens is 2. The molecule has 0 saturated heterocycles. The number of imidazole rings is 1. The van der Waals surface area contributed by atoms with Gasteiger partial charge in [0.15, 0.2) is 11.6 Å². The Bertz CT molecular complexity index is 1960. The third-order valence-electron chi connectivity index (χ3n) is 8.46. The number of methoxy groups -OCH3 is 1. The van der Waals surface area contributed by atoms with Crippen molar-refractivity contribution in [3.63, 3.8) is 0 Å². The highest BCUT2D eigenvalue weighted by Crippen LogP contribution is 2.39. The van der Waals surface area contributed by atoms with Gasteiger partial charge in [-0.1, -0.05) is 41.9 Å². The van der Waals surface area contributed by atoms with Crippen LogP contribution in [0.2, 0.25) is 5.02 Å². The van der Waals surface area contributed by atoms with Crippen LogP contribution >= 0.6 is 11.6 Å². The SMILES string of the molecule is COc1nc(-c2cccc(-c3cccc(NC(=O)c4nc5c(n4C)CCN(C)C5)c3Cl)c2C)ccc1CNc1ccnc(C)c1F. The van der Waals surface area contributed by atoms with Gasteiger partial charge in [-0.25, -0.2) is 14.4 Å². The maximum Gasteiger partial charge on any atom is 0.291 e. The highest BCUT2D eigenvalue weighted by atomic mass is 35.5. The van der Waals surface area contributed by atoms with Gasteiger partial charge < -0.3 is 24.8 Å². The lowest BCUT2D eigenvalue weighted by atomic mass is 9.94. The summed E-state index contributed by atoms with van der Waals surface area (Å²) >= 11 is 6.96. The zero-order valence-electron chi connectivity index (χ0n) is 26.4. The summed E-state index contributed by atoms with van der Waals surface area (Å²) in [6, 6.07) is 17.0. The van der Waals surface area contributed by atoms with E-state index in [0.29, 0.717) is 46.9 Å². The second-order valence-electron chi connectivity index (χ2n) is 11.5. The van der Waals surface area contributed by atoms with E-state index in [0.717, 1.165) is 57.9 Å². The number of carbonyl (C=O) groups is 1. The van der Waals surface area contributed by atoms with E-state index in [1.54, 1.807) is 32.4 Å². The Morgan fingerprint density at radius 1 is 1.00 bits per heavy atom. The molecule has 1 aliphatic heterocycles. The third kappa shape index (κ3) is 5.93. The van der Waals surface area contributed by atoms with Gasteiger partial charge >= 0.3 is 0 Å². The second-order valence-corrected chi connectivity index (χ2v) is 11.8. The molecule has 0 unspecified atom stereocenters. The third-order valence-corrected chi connectivity index (χ3v) is 8.87. The Kier molecular flexibility index (Phi) is 8.75. The van der Waals surface area contributed by atoms with Crippen molar-refractivity contribution in [1.29, 1.82) is 0 Å². The van der Waals surface area contributed by atoms with Gasteiger partial charge in [-0.15, -0.1) is 0 Å². The maximum atomic E-state index is 14.5. The van der Waals surface area contributed by atoms with Crippen molar-refractivity contribution in [3.8, 4) is 28.3 Å². The molecule has 0 fully saturated rings. The van der Waals surface area contributed by atoms with E-state index in [4.69, 9.17) is 21.3 Å². The topological polar surface area (TPSA) is 97.2 Å². The summed E-state index contributed by atoms with van der Waals surface area (Å²) in [5.41, 5.74) is 8.26. The number of pyridine rings is 2. The van der Waals surface area contributed by atoms with Crippen LogP contribution in [0.1, 0.15) is 38.8 Å². The molecule has 0 aliphatic carbocycles. The maximum absolute atomic E-state index is 14.5. The van der Waals surface area contributed by atoms with Crippen LogP contribution in [0.15, 0.2) is 60.8 Å². The molecule has 0 radical (unpaired) electrons. The molecule has 0 bridgehead atoms.